The van der Waals surface area contributed by atoms with Crippen molar-refractivity contribution in [3.05, 3.63) is 65.7 Å². The van der Waals surface area contributed by atoms with Crippen molar-refractivity contribution in [2.75, 3.05) is 13.6 Å². The molecule has 36 heavy (non-hydrogen) atoms. The van der Waals surface area contributed by atoms with Crippen LogP contribution in [0.1, 0.15) is 84.3 Å². The number of ether oxygens (including phenoxy) is 1. The molecule has 1 saturated carbocycles. The number of likely N-dealkylation sites (N-methyl/N-ethyl adjacent to an activating group) is 1. The summed E-state index contributed by atoms with van der Waals surface area (Å²) < 4.78 is 6.03. The van der Waals surface area contributed by atoms with Crippen molar-refractivity contribution in [1.82, 2.24) is 10.2 Å². The molecule has 0 aromatic heterocycles. The van der Waals surface area contributed by atoms with Gasteiger partial charge in [-0.25, -0.2) is 0 Å². The van der Waals surface area contributed by atoms with Gasteiger partial charge in [-0.2, -0.15) is 0 Å². The standard InChI is InChI=1S/C32H48N2O2/c1-25(2)21-22-34(6)32(28-15-11-8-12-16-28,30(35)33-31(3,4)5)23-26-17-19-29(20-18-26)36-24-27-13-9-7-10-14-27/h7,9-10,13-14,17-20,25,28H,8,11-12,15-16,21-24H2,1-6H3,(H,33,35)/t32-/m0/s1. The number of amides is 1. The molecule has 1 aliphatic rings. The third-order valence-corrected chi connectivity index (χ3v) is 7.53. The maximum Gasteiger partial charge on any atom is 0.241 e. The molecule has 0 spiro atoms. The predicted octanol–water partition coefficient (Wildman–Crippen LogP) is 7.02. The number of carbonyl (C=O) groups excluding carboxylic acids is 1. The highest BCUT2D eigenvalue weighted by Crippen LogP contribution is 2.40. The molecule has 4 heteroatoms. The van der Waals surface area contributed by atoms with Crippen molar-refractivity contribution in [2.24, 2.45) is 11.8 Å². The highest BCUT2D eigenvalue weighted by molar-refractivity contribution is 5.87. The average molecular weight is 493 g/mol. The van der Waals surface area contributed by atoms with Crippen molar-refractivity contribution in [3.8, 4) is 5.75 Å². The summed E-state index contributed by atoms with van der Waals surface area (Å²) in [6.07, 6.45) is 7.71. The fourth-order valence-electron chi connectivity index (χ4n) is 5.47. The van der Waals surface area contributed by atoms with Crippen molar-refractivity contribution in [3.63, 3.8) is 0 Å². The van der Waals surface area contributed by atoms with Gasteiger partial charge in [-0.3, -0.25) is 9.69 Å². The molecular formula is C32H48N2O2. The van der Waals surface area contributed by atoms with Gasteiger partial charge in [-0.05, 0) is 88.7 Å². The molecule has 3 rings (SSSR count). The Morgan fingerprint density at radius 1 is 0.972 bits per heavy atom. The Bertz CT molecular complexity index is 927. The lowest BCUT2D eigenvalue weighted by molar-refractivity contribution is -0.139. The highest BCUT2D eigenvalue weighted by atomic mass is 16.5. The number of nitrogens with zero attached hydrogens (tertiary/aromatic N) is 1. The third-order valence-electron chi connectivity index (χ3n) is 7.53. The van der Waals surface area contributed by atoms with Gasteiger partial charge in [-0.1, -0.05) is 75.6 Å². The second-order valence-corrected chi connectivity index (χ2v) is 12.2. The molecule has 2 aromatic carbocycles. The van der Waals surface area contributed by atoms with Crippen LogP contribution in [0.4, 0.5) is 0 Å². The van der Waals surface area contributed by atoms with E-state index in [4.69, 9.17) is 4.74 Å². The fourth-order valence-corrected chi connectivity index (χ4v) is 5.47. The summed E-state index contributed by atoms with van der Waals surface area (Å²) in [5, 5.41) is 3.39. The van der Waals surface area contributed by atoms with E-state index < -0.39 is 5.54 Å². The Labute approximate surface area is 219 Å². The van der Waals surface area contributed by atoms with E-state index in [0.29, 0.717) is 24.9 Å². The Morgan fingerprint density at radius 2 is 1.61 bits per heavy atom. The largest absolute Gasteiger partial charge is 0.489 e. The number of hydrogen-bond donors (Lipinski definition) is 1. The number of benzene rings is 2. The molecule has 1 N–H and O–H groups in total. The minimum atomic E-state index is -0.561. The topological polar surface area (TPSA) is 41.6 Å². The molecule has 1 fully saturated rings. The van der Waals surface area contributed by atoms with Gasteiger partial charge in [0.05, 0.1) is 0 Å². The molecule has 0 unspecified atom stereocenters. The molecule has 0 radical (unpaired) electrons. The zero-order valence-electron chi connectivity index (χ0n) is 23.5. The molecule has 2 aromatic rings. The Hall–Kier alpha value is -2.33. The van der Waals surface area contributed by atoms with Crippen LogP contribution in [0.2, 0.25) is 0 Å². The van der Waals surface area contributed by atoms with Crippen LogP contribution >= 0.6 is 0 Å². The molecule has 1 amide bonds. The molecule has 4 nitrogen and oxygen atoms in total. The van der Waals surface area contributed by atoms with Crippen LogP contribution in [-0.2, 0) is 17.8 Å². The van der Waals surface area contributed by atoms with Crippen LogP contribution in [0.25, 0.3) is 0 Å². The van der Waals surface area contributed by atoms with Gasteiger partial charge in [0.1, 0.15) is 17.9 Å². The second-order valence-electron chi connectivity index (χ2n) is 12.2. The summed E-state index contributed by atoms with van der Waals surface area (Å²) in [7, 11) is 2.18. The second kappa shape index (κ2) is 12.8. The van der Waals surface area contributed by atoms with Crippen LogP contribution in [0.15, 0.2) is 54.6 Å². The summed E-state index contributed by atoms with van der Waals surface area (Å²) >= 11 is 0. The minimum Gasteiger partial charge on any atom is -0.489 e. The van der Waals surface area contributed by atoms with Gasteiger partial charge >= 0.3 is 0 Å². The molecule has 0 heterocycles. The summed E-state index contributed by atoms with van der Waals surface area (Å²) in [5.41, 5.74) is 1.51. The summed E-state index contributed by atoms with van der Waals surface area (Å²) in [5.74, 6) is 1.98. The lowest BCUT2D eigenvalue weighted by atomic mass is 9.69. The van der Waals surface area contributed by atoms with Crippen molar-refractivity contribution in [1.29, 1.82) is 0 Å². The van der Waals surface area contributed by atoms with Crippen molar-refractivity contribution < 1.29 is 9.53 Å². The van der Waals surface area contributed by atoms with Gasteiger partial charge in [0.2, 0.25) is 5.91 Å². The fraction of sp³-hybridized carbons (Fsp3) is 0.594. The highest BCUT2D eigenvalue weighted by Gasteiger charge is 2.49. The average Bonchev–Trinajstić information content (AvgIpc) is 2.85. The van der Waals surface area contributed by atoms with E-state index in [1.165, 1.54) is 24.8 Å². The molecule has 1 atom stereocenters. The van der Waals surface area contributed by atoms with Gasteiger partial charge in [0.25, 0.3) is 0 Å². The summed E-state index contributed by atoms with van der Waals surface area (Å²) in [4.78, 5) is 16.6. The molecule has 0 aliphatic heterocycles. The zero-order chi connectivity index (χ0) is 26.2. The van der Waals surface area contributed by atoms with E-state index in [-0.39, 0.29) is 11.4 Å². The third kappa shape index (κ3) is 7.83. The van der Waals surface area contributed by atoms with Crippen LogP contribution < -0.4 is 10.1 Å². The smallest absolute Gasteiger partial charge is 0.241 e. The van der Waals surface area contributed by atoms with Crippen LogP contribution in [-0.4, -0.2) is 35.5 Å². The maximum atomic E-state index is 14.2. The van der Waals surface area contributed by atoms with Gasteiger partial charge < -0.3 is 10.1 Å². The SMILES string of the molecule is CC(C)CCN(C)[C@](Cc1ccc(OCc2ccccc2)cc1)(C(=O)NC(C)(C)C)C1CCCCC1. The molecular weight excluding hydrogens is 444 g/mol. The van der Waals surface area contributed by atoms with E-state index >= 15 is 0 Å². The van der Waals surface area contributed by atoms with E-state index in [1.807, 2.05) is 18.2 Å². The van der Waals surface area contributed by atoms with Crippen LogP contribution in [0.3, 0.4) is 0 Å². The predicted molar refractivity (Wildman–Crippen MR) is 150 cm³/mol. The first-order valence-electron chi connectivity index (χ1n) is 13.9. The van der Waals surface area contributed by atoms with Crippen LogP contribution in [0.5, 0.6) is 5.75 Å². The number of rotatable bonds is 11. The Balaban J connectivity index is 1.88. The summed E-state index contributed by atoms with van der Waals surface area (Å²) in [6, 6.07) is 18.7. The normalized spacial score (nSPS) is 16.7. The molecule has 0 bridgehead atoms. The maximum absolute atomic E-state index is 14.2. The van der Waals surface area contributed by atoms with E-state index in [1.54, 1.807) is 0 Å². The molecule has 1 aliphatic carbocycles. The Morgan fingerprint density at radius 3 is 2.19 bits per heavy atom. The lowest BCUT2D eigenvalue weighted by Crippen LogP contribution is -2.66. The molecule has 0 saturated heterocycles. The number of hydrogen-bond acceptors (Lipinski definition) is 3. The molecule has 198 valence electrons. The first-order valence-corrected chi connectivity index (χ1v) is 13.9. The lowest BCUT2D eigenvalue weighted by Gasteiger charge is -2.49. The van der Waals surface area contributed by atoms with Gasteiger partial charge in [0.15, 0.2) is 0 Å². The van der Waals surface area contributed by atoms with E-state index in [0.717, 1.165) is 37.1 Å². The first kappa shape index (κ1) is 28.2. The summed E-state index contributed by atoms with van der Waals surface area (Å²) in [6.45, 7) is 12.3. The zero-order valence-corrected chi connectivity index (χ0v) is 23.5. The van der Waals surface area contributed by atoms with Crippen LogP contribution in [0, 0.1) is 11.8 Å². The van der Waals surface area contributed by atoms with Crippen molar-refractivity contribution in [2.45, 2.75) is 97.2 Å². The van der Waals surface area contributed by atoms with Gasteiger partial charge in [0, 0.05) is 12.0 Å². The van der Waals surface area contributed by atoms with E-state index in [2.05, 4.69) is 88.3 Å². The van der Waals surface area contributed by atoms with E-state index in [9.17, 15) is 4.79 Å². The number of nitrogens with one attached hydrogen (secondary N) is 1. The van der Waals surface area contributed by atoms with Gasteiger partial charge in [-0.15, -0.1) is 0 Å². The van der Waals surface area contributed by atoms with Crippen molar-refractivity contribution >= 4 is 5.91 Å². The number of carbonyl (C=O) groups is 1. The quantitative estimate of drug-likeness (QED) is 0.366. The Kier molecular flexibility index (Phi) is 10.0. The minimum absolute atomic E-state index is 0.178. The first-order chi connectivity index (χ1) is 17.1. The monoisotopic (exact) mass is 492 g/mol.